The van der Waals surface area contributed by atoms with E-state index in [-0.39, 0.29) is 11.7 Å². The molecule has 0 atom stereocenters. The summed E-state index contributed by atoms with van der Waals surface area (Å²) in [7, 11) is 0. The van der Waals surface area contributed by atoms with Crippen molar-refractivity contribution in [1.82, 2.24) is 24.6 Å². The van der Waals surface area contributed by atoms with E-state index in [1.165, 1.54) is 12.1 Å². The van der Waals surface area contributed by atoms with E-state index in [9.17, 15) is 9.18 Å². The molecule has 0 radical (unpaired) electrons. The van der Waals surface area contributed by atoms with E-state index in [2.05, 4.69) is 20.5 Å². The van der Waals surface area contributed by atoms with E-state index < -0.39 is 0 Å². The Morgan fingerprint density at radius 2 is 2.03 bits per heavy atom. The number of hydrogen-bond acceptors (Lipinski definition) is 6. The van der Waals surface area contributed by atoms with Crippen LogP contribution < -0.4 is 10.6 Å². The Kier molecular flexibility index (Phi) is 5.20. The number of aromatic nitrogens is 3. The lowest BCUT2D eigenvalue weighted by Crippen LogP contribution is -2.35. The fourth-order valence-electron chi connectivity index (χ4n) is 4.61. The van der Waals surface area contributed by atoms with Gasteiger partial charge in [0.1, 0.15) is 17.3 Å². The van der Waals surface area contributed by atoms with Gasteiger partial charge in [-0.3, -0.25) is 14.1 Å². The van der Waals surface area contributed by atoms with Crippen LogP contribution in [-0.4, -0.2) is 51.5 Å². The number of nitrogens with one attached hydrogen (secondary N) is 2. The number of rotatable bonds is 5. The highest BCUT2D eigenvalue weighted by Gasteiger charge is 2.27. The van der Waals surface area contributed by atoms with Crippen LogP contribution in [0.4, 0.5) is 15.9 Å². The monoisotopic (exact) mass is 458 g/mol. The number of benzene rings is 1. The van der Waals surface area contributed by atoms with Gasteiger partial charge in [-0.2, -0.15) is 0 Å². The van der Waals surface area contributed by atoms with Crippen molar-refractivity contribution < 1.29 is 13.9 Å². The van der Waals surface area contributed by atoms with E-state index in [0.29, 0.717) is 29.3 Å². The van der Waals surface area contributed by atoms with E-state index in [4.69, 9.17) is 9.72 Å². The van der Waals surface area contributed by atoms with Crippen LogP contribution in [-0.2, 0) is 17.8 Å². The lowest BCUT2D eigenvalue weighted by atomic mass is 9.99. The molecule has 9 heteroatoms. The van der Waals surface area contributed by atoms with Gasteiger partial charge in [0, 0.05) is 44.0 Å². The molecule has 1 aromatic carbocycles. The summed E-state index contributed by atoms with van der Waals surface area (Å²) in [5, 5.41) is 6.27. The minimum absolute atomic E-state index is 0.135. The summed E-state index contributed by atoms with van der Waals surface area (Å²) in [4.78, 5) is 24.2. The average Bonchev–Trinajstić information content (AvgIpc) is 3.44. The molecule has 34 heavy (non-hydrogen) atoms. The van der Waals surface area contributed by atoms with Crippen LogP contribution in [0.5, 0.6) is 0 Å². The van der Waals surface area contributed by atoms with E-state index in [1.807, 2.05) is 34.7 Å². The third-order valence-corrected chi connectivity index (χ3v) is 6.28. The number of carbonyl (C=O) groups is 1. The van der Waals surface area contributed by atoms with Gasteiger partial charge in [0.15, 0.2) is 0 Å². The maximum atomic E-state index is 13.6. The Morgan fingerprint density at radius 1 is 1.15 bits per heavy atom. The van der Waals surface area contributed by atoms with Crippen molar-refractivity contribution >= 4 is 23.1 Å². The number of anilines is 2. The summed E-state index contributed by atoms with van der Waals surface area (Å²) in [6.45, 7) is 4.44. The molecule has 6 rings (SSSR count). The Labute approximate surface area is 195 Å². The first-order valence-electron chi connectivity index (χ1n) is 11.3. The molecule has 8 nitrogen and oxygen atoms in total. The molecular formula is C25H23FN6O2. The summed E-state index contributed by atoms with van der Waals surface area (Å²) in [5.74, 6) is 0.212. The van der Waals surface area contributed by atoms with Gasteiger partial charge in [0.05, 0.1) is 42.0 Å². The maximum absolute atomic E-state index is 13.6. The molecule has 3 aromatic heterocycles. The van der Waals surface area contributed by atoms with Crippen LogP contribution >= 0.6 is 0 Å². The Balaban J connectivity index is 1.32. The standard InChI is InChI=1S/C25H23FN6O2/c26-16-6-7-32-21(14-27-23(32)12-16)18-4-5-20(24-19(18)13-28-25(24)33)30-22-3-1-2-17(29-22)15-31-8-10-34-11-9-31/h1-7,12,14H,8-11,13,15H2,(H,28,33)(H,29,30). The number of halogens is 1. The van der Waals surface area contributed by atoms with Gasteiger partial charge in [-0.05, 0) is 29.8 Å². The van der Waals surface area contributed by atoms with E-state index in [0.717, 1.165) is 55.4 Å². The van der Waals surface area contributed by atoms with Crippen LogP contribution in [0.15, 0.2) is 54.9 Å². The number of ether oxygens (including phenoxy) is 1. The second-order valence-electron chi connectivity index (χ2n) is 8.44. The first-order chi connectivity index (χ1) is 16.7. The molecule has 2 aliphatic rings. The number of nitrogens with zero attached hydrogens (tertiary/aromatic N) is 4. The molecule has 1 amide bonds. The van der Waals surface area contributed by atoms with Crippen molar-refractivity contribution in [1.29, 1.82) is 0 Å². The van der Waals surface area contributed by atoms with Gasteiger partial charge in [-0.25, -0.2) is 14.4 Å². The summed E-state index contributed by atoms with van der Waals surface area (Å²) in [5.41, 5.74) is 5.34. The lowest BCUT2D eigenvalue weighted by molar-refractivity contribution is 0.0337. The molecule has 2 aliphatic heterocycles. The predicted octanol–water partition coefficient (Wildman–Crippen LogP) is 3.35. The average molecular weight is 458 g/mol. The third kappa shape index (κ3) is 3.78. The quantitative estimate of drug-likeness (QED) is 0.477. The van der Waals surface area contributed by atoms with Crippen LogP contribution in [0, 0.1) is 5.82 Å². The summed E-state index contributed by atoms with van der Waals surface area (Å²) < 4.78 is 20.9. The van der Waals surface area contributed by atoms with Crippen LogP contribution in [0.25, 0.3) is 16.9 Å². The SMILES string of the molecule is O=C1NCc2c(-c3cnc4cc(F)ccn34)ccc(Nc3cccc(CN4CCOCC4)n3)c21. The minimum atomic E-state index is -0.338. The topological polar surface area (TPSA) is 83.8 Å². The fraction of sp³-hybridized carbons (Fsp3) is 0.240. The number of hydrogen-bond donors (Lipinski definition) is 2. The lowest BCUT2D eigenvalue weighted by Gasteiger charge is -2.26. The Hall–Kier alpha value is -3.82. The molecule has 0 spiro atoms. The predicted molar refractivity (Wildman–Crippen MR) is 125 cm³/mol. The van der Waals surface area contributed by atoms with Crippen molar-refractivity contribution in [2.45, 2.75) is 13.1 Å². The molecule has 172 valence electrons. The fourth-order valence-corrected chi connectivity index (χ4v) is 4.61. The van der Waals surface area contributed by atoms with Gasteiger partial charge >= 0.3 is 0 Å². The summed E-state index contributed by atoms with van der Waals surface area (Å²) in [6.07, 6.45) is 3.36. The molecule has 0 saturated carbocycles. The number of morpholine rings is 1. The van der Waals surface area contributed by atoms with Crippen molar-refractivity contribution in [2.75, 3.05) is 31.6 Å². The molecule has 0 unspecified atom stereocenters. The maximum Gasteiger partial charge on any atom is 0.254 e. The number of amides is 1. The van der Waals surface area contributed by atoms with Gasteiger partial charge in [0.25, 0.3) is 5.91 Å². The molecule has 1 fully saturated rings. The molecule has 0 bridgehead atoms. The van der Waals surface area contributed by atoms with E-state index in [1.54, 1.807) is 12.4 Å². The number of fused-ring (bicyclic) bond motifs is 2. The summed E-state index contributed by atoms with van der Waals surface area (Å²) >= 11 is 0. The molecule has 1 saturated heterocycles. The first kappa shape index (κ1) is 20.8. The normalized spacial score (nSPS) is 16.0. The molecule has 4 aromatic rings. The zero-order valence-electron chi connectivity index (χ0n) is 18.4. The molecule has 5 heterocycles. The van der Waals surface area contributed by atoms with Gasteiger partial charge < -0.3 is 15.4 Å². The smallest absolute Gasteiger partial charge is 0.254 e. The van der Waals surface area contributed by atoms with Gasteiger partial charge in [-0.15, -0.1) is 0 Å². The highest BCUT2D eigenvalue weighted by atomic mass is 19.1. The van der Waals surface area contributed by atoms with Crippen molar-refractivity contribution in [3.8, 4) is 11.3 Å². The van der Waals surface area contributed by atoms with Crippen LogP contribution in [0.3, 0.4) is 0 Å². The van der Waals surface area contributed by atoms with Gasteiger partial charge in [-0.1, -0.05) is 12.1 Å². The number of carbonyl (C=O) groups excluding carboxylic acids is 1. The second-order valence-corrected chi connectivity index (χ2v) is 8.44. The van der Waals surface area contributed by atoms with Crippen LogP contribution in [0.2, 0.25) is 0 Å². The minimum Gasteiger partial charge on any atom is -0.379 e. The molecular weight excluding hydrogens is 435 g/mol. The first-order valence-corrected chi connectivity index (χ1v) is 11.3. The Morgan fingerprint density at radius 3 is 2.91 bits per heavy atom. The molecule has 0 aliphatic carbocycles. The highest BCUT2D eigenvalue weighted by molar-refractivity contribution is 6.06. The van der Waals surface area contributed by atoms with E-state index >= 15 is 0 Å². The number of imidazole rings is 1. The Bertz CT molecular complexity index is 1400. The van der Waals surface area contributed by atoms with Gasteiger partial charge in [0.2, 0.25) is 0 Å². The zero-order valence-corrected chi connectivity index (χ0v) is 18.4. The van der Waals surface area contributed by atoms with Crippen molar-refractivity contribution in [2.24, 2.45) is 0 Å². The third-order valence-electron chi connectivity index (χ3n) is 6.28. The van der Waals surface area contributed by atoms with Crippen molar-refractivity contribution in [3.63, 3.8) is 0 Å². The largest absolute Gasteiger partial charge is 0.379 e. The number of pyridine rings is 2. The summed E-state index contributed by atoms with van der Waals surface area (Å²) in [6, 6.07) is 12.5. The molecule has 2 N–H and O–H groups in total. The highest BCUT2D eigenvalue weighted by Crippen LogP contribution is 2.35. The van der Waals surface area contributed by atoms with Crippen molar-refractivity contribution in [3.05, 3.63) is 77.5 Å². The second kappa shape index (κ2) is 8.51. The van der Waals surface area contributed by atoms with Crippen LogP contribution in [0.1, 0.15) is 21.6 Å². The zero-order chi connectivity index (χ0) is 23.1.